The van der Waals surface area contributed by atoms with Crippen molar-refractivity contribution < 1.29 is 85.6 Å². The number of nitrogens with zero attached hydrogens (tertiary/aromatic N) is 3. The van der Waals surface area contributed by atoms with Crippen molar-refractivity contribution >= 4 is 35.4 Å². The average molecular weight is 1240 g/mol. The van der Waals surface area contributed by atoms with E-state index in [0.29, 0.717) is 76.4 Å². The van der Waals surface area contributed by atoms with Crippen molar-refractivity contribution in [3.8, 4) is 28.7 Å². The number of likely N-dealkylation sites (tertiary alicyclic amines) is 3. The van der Waals surface area contributed by atoms with Crippen molar-refractivity contribution in [2.45, 2.75) is 216 Å². The average Bonchev–Trinajstić information content (AvgIpc) is 1.43. The van der Waals surface area contributed by atoms with Crippen LogP contribution >= 0.6 is 0 Å². The number of benzene rings is 3. The Morgan fingerprint density at radius 3 is 1.26 bits per heavy atom. The largest absolute Gasteiger partial charge is 0.512 e. The van der Waals surface area contributed by atoms with Crippen LogP contribution in [0.1, 0.15) is 170 Å². The number of ether oxygens (including phenoxy) is 7. The molecule has 3 aromatic carbocycles. The van der Waals surface area contributed by atoms with Crippen LogP contribution in [0.25, 0.3) is 0 Å². The van der Waals surface area contributed by atoms with Gasteiger partial charge in [0.05, 0.1) is 86.0 Å². The van der Waals surface area contributed by atoms with E-state index in [4.69, 9.17) is 33.2 Å². The number of piperidine rings is 3. The first-order chi connectivity index (χ1) is 42.6. The van der Waals surface area contributed by atoms with Gasteiger partial charge in [0.25, 0.3) is 0 Å². The topological polar surface area (TPSA) is 207 Å². The number of hydrogen-bond acceptors (Lipinski definition) is 15. The van der Waals surface area contributed by atoms with Crippen LogP contribution in [0.2, 0.25) is 0 Å². The number of Topliss-reactive ketones (excluding diaryl/α,β-unsaturated/α-hetero) is 3. The molecule has 16 rings (SSSR count). The van der Waals surface area contributed by atoms with E-state index in [1.165, 1.54) is 28.7 Å². The molecule has 18 heteroatoms. The molecule has 6 aliphatic heterocycles. The van der Waals surface area contributed by atoms with E-state index >= 15 is 0 Å². The van der Waals surface area contributed by atoms with Gasteiger partial charge in [-0.25, -0.2) is 4.79 Å². The molecule has 13 aliphatic rings. The summed E-state index contributed by atoms with van der Waals surface area (Å²) in [6.45, 7) is 16.9. The summed E-state index contributed by atoms with van der Waals surface area (Å²) in [4.78, 5) is 76.0. The third-order valence-corrected chi connectivity index (χ3v) is 25.1. The third kappa shape index (κ3) is 9.05. The summed E-state index contributed by atoms with van der Waals surface area (Å²) in [5.74, 6) is 3.45. The second-order valence-corrected chi connectivity index (χ2v) is 32.3. The number of aryl methyl sites for hydroxylation is 1. The summed E-state index contributed by atoms with van der Waals surface area (Å²) in [5, 5.41) is 20.8. The lowest BCUT2D eigenvalue weighted by Crippen LogP contribution is -2.72. The van der Waals surface area contributed by atoms with Crippen molar-refractivity contribution in [2.75, 3.05) is 61.0 Å². The molecule has 6 bridgehead atoms. The van der Waals surface area contributed by atoms with Crippen LogP contribution < -0.4 is 14.2 Å². The van der Waals surface area contributed by atoms with Crippen molar-refractivity contribution in [2.24, 2.45) is 28.6 Å². The van der Waals surface area contributed by atoms with E-state index < -0.39 is 29.2 Å². The summed E-state index contributed by atoms with van der Waals surface area (Å²) >= 11 is 0. The fraction of sp³-hybridized carbons (Fsp3) is 0.667. The monoisotopic (exact) mass is 1240 g/mol. The van der Waals surface area contributed by atoms with Crippen LogP contribution in [0.15, 0.2) is 36.4 Å². The van der Waals surface area contributed by atoms with Crippen LogP contribution in [0.5, 0.6) is 28.7 Å². The van der Waals surface area contributed by atoms with Gasteiger partial charge in [-0.2, -0.15) is 0 Å². The number of hydrogen-bond donors (Lipinski definition) is 2. The lowest BCUT2D eigenvalue weighted by molar-refractivity contribution is -0.959. The number of likely N-dealkylation sites (N-methyl/N-ethyl adjacent to an activating group) is 3. The van der Waals surface area contributed by atoms with Gasteiger partial charge in [0, 0.05) is 92.2 Å². The maximum absolute atomic E-state index is 13.0. The number of quaternary nitrogens is 3. The Hall–Kier alpha value is -6.24. The molecule has 3 aromatic rings. The van der Waals surface area contributed by atoms with Gasteiger partial charge in [-0.1, -0.05) is 30.7 Å². The maximum Gasteiger partial charge on any atom is 0.512 e. The Morgan fingerprint density at radius 2 is 0.867 bits per heavy atom. The second kappa shape index (κ2) is 21.1. The zero-order valence-corrected chi connectivity index (χ0v) is 54.5. The van der Waals surface area contributed by atoms with E-state index in [2.05, 4.69) is 40.2 Å². The van der Waals surface area contributed by atoms with E-state index in [1.807, 2.05) is 53.7 Å². The van der Waals surface area contributed by atoms with Gasteiger partial charge >= 0.3 is 18.1 Å². The predicted octanol–water partition coefficient (Wildman–Crippen LogP) is 9.58. The van der Waals surface area contributed by atoms with Gasteiger partial charge in [0.15, 0.2) is 58.7 Å². The van der Waals surface area contributed by atoms with Gasteiger partial charge in [0.1, 0.15) is 11.9 Å². The van der Waals surface area contributed by atoms with Gasteiger partial charge in [0.2, 0.25) is 20.2 Å². The molecule has 484 valence electrons. The Bertz CT molecular complexity index is 3380. The van der Waals surface area contributed by atoms with Crippen molar-refractivity contribution in [3.05, 3.63) is 75.3 Å². The van der Waals surface area contributed by atoms with Crippen molar-refractivity contribution in [3.63, 3.8) is 0 Å². The number of esters is 2. The highest BCUT2D eigenvalue weighted by atomic mass is 16.7. The first-order valence-corrected chi connectivity index (χ1v) is 33.7. The second-order valence-electron chi connectivity index (χ2n) is 32.3. The van der Waals surface area contributed by atoms with Crippen LogP contribution in [0.4, 0.5) is 4.79 Å². The molecule has 6 heterocycles. The molecule has 4 saturated carbocycles. The lowest BCUT2D eigenvalue weighted by atomic mass is 9.51. The highest BCUT2D eigenvalue weighted by molar-refractivity contribution is 5.91. The van der Waals surface area contributed by atoms with E-state index in [-0.39, 0.29) is 93.2 Å². The number of carbonyl (C=O) groups is 6. The minimum Gasteiger partial charge on any atom is -0.504 e. The van der Waals surface area contributed by atoms with Gasteiger partial charge < -0.3 is 43.4 Å². The number of phenols is 2. The van der Waals surface area contributed by atoms with E-state index in [9.17, 15) is 39.0 Å². The standard InChI is InChI=1S/C26H34NO5.2C23H29NO5/c1-16-8-9-17-14-20-19-10-11-21(28)24-26(19,22(17)23(16)32-24)12-13-27(20,2)15-30-25(29)31-18-6-4-3-5-7-18;2*1-22(2,3)21(27)28-12-24(4)10-9-23-14-6-8-17(26)20(23)29-19-16(25)7-5-13(18(19)23)11-15(14)24/h8-9,18-20,24H,3-7,10-15H2,1-2H3;2*5,7,14-15,20H,6,8-12H2,1-4H3/q+1;;/p+2/t19-,20?,24-,26-,27+;14-,15?,20-,23-,24+;14-,15?,20-,23-,24-/m000/s1. The summed E-state index contributed by atoms with van der Waals surface area (Å²) < 4.78 is 43.6. The van der Waals surface area contributed by atoms with Gasteiger partial charge in [-0.05, 0) is 128 Å². The third-order valence-electron chi connectivity index (χ3n) is 25.1. The highest BCUT2D eigenvalue weighted by Gasteiger charge is 2.72. The summed E-state index contributed by atoms with van der Waals surface area (Å²) in [6.07, 6.45) is 12.9. The molecule has 3 unspecified atom stereocenters. The Kier molecular flexibility index (Phi) is 14.4. The molecule has 3 saturated heterocycles. The lowest BCUT2D eigenvalue weighted by Gasteiger charge is -2.59. The Balaban J connectivity index is 0.000000118. The SMILES string of the molecule is CC(C)(C)C(=O)OC[N@+]1(C)CC[C@]23c4c5ccc(O)c4O[C@H]2C(=O)CC[C@H]3C1C5.CC(C)(C)C(=O)OC[N@@+]1(C)CC[C@]23c4c5ccc(O)c4O[C@H]2C(=O)CC[C@H]3C1C5.Cc1ccc2c3c1O[C@H]1C(=O)CC[C@H]4C(C2)[N@@+](C)(COC(=O)OC2CCCCC2)CC[C@]314. The summed E-state index contributed by atoms with van der Waals surface area (Å²) in [5.41, 5.74) is 6.34. The van der Waals surface area contributed by atoms with Crippen LogP contribution in [0.3, 0.4) is 0 Å². The number of rotatable bonds is 7. The molecular formula is C72H94N3O15+3. The fourth-order valence-electron chi connectivity index (χ4n) is 20.4. The van der Waals surface area contributed by atoms with Crippen LogP contribution in [-0.2, 0) is 78.4 Å². The van der Waals surface area contributed by atoms with Gasteiger partial charge in [-0.3, -0.25) is 37.4 Å². The molecule has 0 radical (unpaired) electrons. The number of phenolic OH excluding ortho intramolecular Hbond substituents is 2. The molecule has 15 atom stereocenters. The smallest absolute Gasteiger partial charge is 0.504 e. The summed E-state index contributed by atoms with van der Waals surface area (Å²) in [6, 6.07) is 12.5. The number of carbonyl (C=O) groups excluding carboxylic acids is 6. The van der Waals surface area contributed by atoms with Crippen molar-refractivity contribution in [1.29, 1.82) is 0 Å². The minimum atomic E-state index is -0.524. The number of aromatic hydroxyl groups is 2. The number of ketones is 3. The fourth-order valence-corrected chi connectivity index (χ4v) is 20.4. The molecule has 2 N–H and O–H groups in total. The van der Waals surface area contributed by atoms with Crippen molar-refractivity contribution in [1.82, 2.24) is 0 Å². The van der Waals surface area contributed by atoms with E-state index in [0.717, 1.165) is 126 Å². The highest BCUT2D eigenvalue weighted by Crippen LogP contribution is 2.67. The normalized spacial score (nSPS) is 37.1. The molecule has 0 aromatic heterocycles. The quantitative estimate of drug-likeness (QED) is 0.128. The molecular weight excluding hydrogens is 1150 g/mol. The maximum atomic E-state index is 13.0. The molecule has 0 amide bonds. The molecule has 3 spiro atoms. The Labute approximate surface area is 528 Å². The molecule has 90 heavy (non-hydrogen) atoms. The summed E-state index contributed by atoms with van der Waals surface area (Å²) in [7, 11) is 6.58. The first-order valence-electron chi connectivity index (χ1n) is 33.7. The molecule has 18 nitrogen and oxygen atoms in total. The molecule has 7 fully saturated rings. The first kappa shape index (κ1) is 61.3. The zero-order valence-electron chi connectivity index (χ0n) is 54.5. The predicted molar refractivity (Wildman–Crippen MR) is 328 cm³/mol. The Morgan fingerprint density at radius 1 is 0.511 bits per heavy atom. The zero-order chi connectivity index (χ0) is 63.6. The minimum absolute atomic E-state index is 0.00940. The molecule has 7 aliphatic carbocycles. The van der Waals surface area contributed by atoms with E-state index in [1.54, 1.807) is 12.1 Å². The van der Waals surface area contributed by atoms with Crippen LogP contribution in [0, 0.1) is 35.5 Å². The van der Waals surface area contributed by atoms with Gasteiger partial charge in [-0.15, -0.1) is 0 Å². The van der Waals surface area contributed by atoms with Crippen LogP contribution in [-0.4, -0.2) is 163 Å².